The lowest BCUT2D eigenvalue weighted by Crippen LogP contribution is -2.20. The highest BCUT2D eigenvalue weighted by molar-refractivity contribution is 6.30. The van der Waals surface area contributed by atoms with E-state index in [0.717, 1.165) is 39.7 Å². The van der Waals surface area contributed by atoms with E-state index in [9.17, 15) is 0 Å². The van der Waals surface area contributed by atoms with Gasteiger partial charge in [-0.15, -0.1) is 0 Å². The third-order valence-electron chi connectivity index (χ3n) is 4.61. The number of nitrogens with zero attached hydrogens (tertiary/aromatic N) is 1. The van der Waals surface area contributed by atoms with Crippen LogP contribution in [-0.2, 0) is 6.54 Å². The SMILES string of the molecule is Clc1ccc2c(c1)-n1cccc1C(c1cc3ccccc3o1)NC2. The van der Waals surface area contributed by atoms with E-state index in [-0.39, 0.29) is 6.04 Å². The zero-order valence-electron chi connectivity index (χ0n) is 12.9. The van der Waals surface area contributed by atoms with Gasteiger partial charge in [-0.3, -0.25) is 5.32 Å². The molecule has 2 aromatic heterocycles. The molecule has 4 heteroatoms. The Bertz CT molecular complexity index is 1010. The molecule has 0 fully saturated rings. The first-order valence-electron chi connectivity index (χ1n) is 7.97. The molecule has 1 N–H and O–H groups in total. The van der Waals surface area contributed by atoms with Crippen LogP contribution in [0.15, 0.2) is 71.3 Å². The molecular formula is C20H15ClN2O. The Morgan fingerprint density at radius 1 is 1.04 bits per heavy atom. The zero-order valence-corrected chi connectivity index (χ0v) is 13.6. The number of nitrogens with one attached hydrogen (secondary N) is 1. The monoisotopic (exact) mass is 334 g/mol. The van der Waals surface area contributed by atoms with Crippen LogP contribution in [0.4, 0.5) is 0 Å². The van der Waals surface area contributed by atoms with Crippen molar-refractivity contribution >= 4 is 22.6 Å². The Hall–Kier alpha value is -2.49. The molecule has 1 atom stereocenters. The molecule has 3 nitrogen and oxygen atoms in total. The maximum absolute atomic E-state index is 6.22. The quantitative estimate of drug-likeness (QED) is 0.526. The Balaban J connectivity index is 1.68. The second kappa shape index (κ2) is 5.26. The molecule has 0 saturated carbocycles. The highest BCUT2D eigenvalue weighted by atomic mass is 35.5. The van der Waals surface area contributed by atoms with Crippen molar-refractivity contribution < 1.29 is 4.42 Å². The van der Waals surface area contributed by atoms with Gasteiger partial charge in [-0.25, -0.2) is 0 Å². The summed E-state index contributed by atoms with van der Waals surface area (Å²) in [6.45, 7) is 0.760. The van der Waals surface area contributed by atoms with Gasteiger partial charge in [-0.2, -0.15) is 0 Å². The van der Waals surface area contributed by atoms with Gasteiger partial charge in [0.25, 0.3) is 0 Å². The summed E-state index contributed by atoms with van der Waals surface area (Å²) >= 11 is 6.22. The van der Waals surface area contributed by atoms with Gasteiger partial charge in [0.1, 0.15) is 17.4 Å². The normalized spacial score (nSPS) is 16.6. The van der Waals surface area contributed by atoms with Crippen molar-refractivity contribution in [3.8, 4) is 5.69 Å². The maximum atomic E-state index is 6.22. The van der Waals surface area contributed by atoms with Crippen LogP contribution in [0.2, 0.25) is 5.02 Å². The molecule has 1 aliphatic rings. The molecule has 1 aliphatic heterocycles. The summed E-state index contributed by atoms with van der Waals surface area (Å²) in [4.78, 5) is 0. The lowest BCUT2D eigenvalue weighted by molar-refractivity contribution is 0.465. The summed E-state index contributed by atoms with van der Waals surface area (Å²) in [5.74, 6) is 0.926. The predicted octanol–water partition coefficient (Wildman–Crippen LogP) is 5.07. The number of rotatable bonds is 1. The number of halogens is 1. The van der Waals surface area contributed by atoms with Crippen molar-refractivity contribution in [2.75, 3.05) is 0 Å². The molecular weight excluding hydrogens is 320 g/mol. The van der Waals surface area contributed by atoms with Gasteiger partial charge in [0, 0.05) is 28.8 Å². The van der Waals surface area contributed by atoms with E-state index in [0.29, 0.717) is 0 Å². The smallest absolute Gasteiger partial charge is 0.134 e. The first kappa shape index (κ1) is 13.9. The largest absolute Gasteiger partial charge is 0.459 e. The topological polar surface area (TPSA) is 30.1 Å². The van der Waals surface area contributed by atoms with E-state index in [4.69, 9.17) is 16.0 Å². The van der Waals surface area contributed by atoms with Gasteiger partial charge in [-0.05, 0) is 42.0 Å². The minimum absolute atomic E-state index is 0.00132. The molecule has 118 valence electrons. The van der Waals surface area contributed by atoms with Gasteiger partial charge in [0.15, 0.2) is 0 Å². The molecule has 0 bridgehead atoms. The second-order valence-corrected chi connectivity index (χ2v) is 6.51. The lowest BCUT2D eigenvalue weighted by atomic mass is 10.1. The third kappa shape index (κ3) is 2.09. The highest BCUT2D eigenvalue weighted by Crippen LogP contribution is 2.34. The van der Waals surface area contributed by atoms with Crippen molar-refractivity contribution in [1.29, 1.82) is 0 Å². The van der Waals surface area contributed by atoms with Crippen LogP contribution < -0.4 is 5.32 Å². The summed E-state index contributed by atoms with van der Waals surface area (Å²) in [5, 5.41) is 5.49. The van der Waals surface area contributed by atoms with Crippen molar-refractivity contribution in [2.45, 2.75) is 12.6 Å². The van der Waals surface area contributed by atoms with Crippen molar-refractivity contribution in [3.63, 3.8) is 0 Å². The van der Waals surface area contributed by atoms with Gasteiger partial charge in [0.05, 0.1) is 5.69 Å². The summed E-state index contributed by atoms with van der Waals surface area (Å²) in [6.07, 6.45) is 2.08. The van der Waals surface area contributed by atoms with E-state index in [2.05, 4.69) is 46.4 Å². The van der Waals surface area contributed by atoms with E-state index < -0.39 is 0 Å². The molecule has 24 heavy (non-hydrogen) atoms. The molecule has 0 radical (unpaired) electrons. The van der Waals surface area contributed by atoms with Gasteiger partial charge in [0.2, 0.25) is 0 Å². The number of fused-ring (bicyclic) bond motifs is 4. The average Bonchev–Trinajstić information content (AvgIpc) is 3.20. The maximum Gasteiger partial charge on any atom is 0.134 e. The van der Waals surface area contributed by atoms with E-state index in [1.165, 1.54) is 5.56 Å². The van der Waals surface area contributed by atoms with Crippen LogP contribution in [0.25, 0.3) is 16.7 Å². The Morgan fingerprint density at radius 3 is 2.88 bits per heavy atom. The van der Waals surface area contributed by atoms with Crippen LogP contribution >= 0.6 is 11.6 Å². The first-order chi connectivity index (χ1) is 11.8. The third-order valence-corrected chi connectivity index (χ3v) is 4.84. The standard InChI is InChI=1S/C20H15ClN2O/c21-15-8-7-14-12-22-20(16-5-3-9-23(16)17(14)11-15)19-10-13-4-1-2-6-18(13)24-19/h1-11,20,22H,12H2. The number of hydrogen-bond acceptors (Lipinski definition) is 2. The molecule has 0 amide bonds. The number of hydrogen-bond donors (Lipinski definition) is 1. The second-order valence-electron chi connectivity index (χ2n) is 6.08. The number of para-hydroxylation sites is 1. The predicted molar refractivity (Wildman–Crippen MR) is 95.7 cm³/mol. The van der Waals surface area contributed by atoms with Crippen molar-refractivity contribution in [1.82, 2.24) is 9.88 Å². The van der Waals surface area contributed by atoms with Gasteiger partial charge < -0.3 is 8.98 Å². The van der Waals surface area contributed by atoms with Gasteiger partial charge in [-0.1, -0.05) is 35.9 Å². The Morgan fingerprint density at radius 2 is 1.96 bits per heavy atom. The number of furan rings is 1. The van der Waals surface area contributed by atoms with Crippen LogP contribution in [-0.4, -0.2) is 4.57 Å². The minimum Gasteiger partial charge on any atom is -0.459 e. The molecule has 0 spiro atoms. The molecule has 5 rings (SSSR count). The fraction of sp³-hybridized carbons (Fsp3) is 0.100. The molecule has 0 saturated heterocycles. The molecule has 1 unspecified atom stereocenters. The van der Waals surface area contributed by atoms with Gasteiger partial charge >= 0.3 is 0 Å². The molecule has 2 aromatic carbocycles. The van der Waals surface area contributed by atoms with E-state index >= 15 is 0 Å². The first-order valence-corrected chi connectivity index (χ1v) is 8.35. The van der Waals surface area contributed by atoms with Crippen molar-refractivity contribution in [2.24, 2.45) is 0 Å². The summed E-state index contributed by atoms with van der Waals surface area (Å²) < 4.78 is 8.30. The molecule has 3 heterocycles. The summed E-state index contributed by atoms with van der Waals surface area (Å²) in [7, 11) is 0. The highest BCUT2D eigenvalue weighted by Gasteiger charge is 2.25. The molecule has 4 aromatic rings. The Kier molecular flexibility index (Phi) is 3.05. The van der Waals surface area contributed by atoms with Crippen LogP contribution in [0, 0.1) is 0 Å². The summed E-state index contributed by atoms with van der Waals surface area (Å²) in [6, 6.07) is 20.4. The zero-order chi connectivity index (χ0) is 16.1. The van der Waals surface area contributed by atoms with Crippen LogP contribution in [0.3, 0.4) is 0 Å². The van der Waals surface area contributed by atoms with Crippen LogP contribution in [0.1, 0.15) is 23.1 Å². The lowest BCUT2D eigenvalue weighted by Gasteiger charge is -2.15. The molecule has 0 aliphatic carbocycles. The fourth-order valence-corrected chi connectivity index (χ4v) is 3.63. The van der Waals surface area contributed by atoms with E-state index in [1.54, 1.807) is 0 Å². The average molecular weight is 335 g/mol. The van der Waals surface area contributed by atoms with Crippen molar-refractivity contribution in [3.05, 3.63) is 88.9 Å². The van der Waals surface area contributed by atoms with Crippen LogP contribution in [0.5, 0.6) is 0 Å². The number of aromatic nitrogens is 1. The van der Waals surface area contributed by atoms with E-state index in [1.807, 2.05) is 30.3 Å². The number of benzene rings is 2. The fourth-order valence-electron chi connectivity index (χ4n) is 3.47. The minimum atomic E-state index is -0.00132. The Labute approximate surface area is 144 Å². The summed E-state index contributed by atoms with van der Waals surface area (Å²) in [5.41, 5.74) is 4.40.